The van der Waals surface area contributed by atoms with E-state index in [4.69, 9.17) is 10.5 Å². The van der Waals surface area contributed by atoms with Crippen molar-refractivity contribution in [1.29, 1.82) is 0 Å². The normalized spacial score (nSPS) is 10.8. The first kappa shape index (κ1) is 11.9. The second-order valence-corrected chi connectivity index (χ2v) is 5.10. The molecule has 2 heterocycles. The van der Waals surface area contributed by atoms with Gasteiger partial charge in [0, 0.05) is 17.0 Å². The van der Waals surface area contributed by atoms with E-state index in [1.807, 2.05) is 18.2 Å². The van der Waals surface area contributed by atoms with Gasteiger partial charge in [-0.25, -0.2) is 4.98 Å². The highest BCUT2D eigenvalue weighted by Gasteiger charge is 2.08. The minimum atomic E-state index is 0.563. The summed E-state index contributed by atoms with van der Waals surface area (Å²) in [5.41, 5.74) is 7.68. The Balaban J connectivity index is 1.96. The third-order valence-corrected chi connectivity index (χ3v) is 3.75. The Kier molecular flexibility index (Phi) is 3.05. The molecule has 0 aliphatic heterocycles. The zero-order valence-electron chi connectivity index (χ0n) is 10.4. The van der Waals surface area contributed by atoms with E-state index in [9.17, 15) is 0 Å². The van der Waals surface area contributed by atoms with E-state index in [0.717, 1.165) is 15.6 Å². The van der Waals surface area contributed by atoms with E-state index in [2.05, 4.69) is 22.1 Å². The molecule has 0 saturated heterocycles. The molecule has 1 aromatic carbocycles. The van der Waals surface area contributed by atoms with Crippen LogP contribution in [0.15, 0.2) is 52.5 Å². The van der Waals surface area contributed by atoms with Gasteiger partial charge in [-0.15, -0.1) is 0 Å². The first-order valence-electron chi connectivity index (χ1n) is 5.82. The highest BCUT2D eigenvalue weighted by atomic mass is 32.2. The first-order valence-corrected chi connectivity index (χ1v) is 6.64. The van der Waals surface area contributed by atoms with E-state index in [1.165, 1.54) is 17.1 Å². The Bertz CT molecular complexity index is 691. The van der Waals surface area contributed by atoms with Crippen LogP contribution < -0.4 is 10.5 Å². The molecule has 0 spiro atoms. The molecule has 96 valence electrons. The van der Waals surface area contributed by atoms with E-state index < -0.39 is 0 Å². The van der Waals surface area contributed by atoms with Crippen LogP contribution in [0.2, 0.25) is 0 Å². The Morgan fingerprint density at radius 1 is 1.21 bits per heavy atom. The molecule has 19 heavy (non-hydrogen) atoms. The van der Waals surface area contributed by atoms with Crippen LogP contribution >= 0.6 is 11.8 Å². The van der Waals surface area contributed by atoms with Crippen LogP contribution in [0, 0.1) is 0 Å². The fourth-order valence-corrected chi connectivity index (χ4v) is 2.71. The predicted octanol–water partition coefficient (Wildman–Crippen LogP) is 3.30. The molecule has 5 heteroatoms. The van der Waals surface area contributed by atoms with Gasteiger partial charge in [-0.05, 0) is 30.0 Å². The SMILES string of the molecule is COc1ccc(N)c(Sc2cc3ccccc3[nH]2)n1. The van der Waals surface area contributed by atoms with Crippen LogP contribution in [-0.2, 0) is 0 Å². The van der Waals surface area contributed by atoms with E-state index in [0.29, 0.717) is 11.6 Å². The van der Waals surface area contributed by atoms with Gasteiger partial charge in [0.05, 0.1) is 17.8 Å². The van der Waals surface area contributed by atoms with Crippen molar-refractivity contribution in [3.8, 4) is 5.88 Å². The summed E-state index contributed by atoms with van der Waals surface area (Å²) in [6, 6.07) is 13.8. The van der Waals surface area contributed by atoms with Crippen molar-refractivity contribution in [3.63, 3.8) is 0 Å². The van der Waals surface area contributed by atoms with Crippen molar-refractivity contribution in [1.82, 2.24) is 9.97 Å². The Morgan fingerprint density at radius 3 is 2.84 bits per heavy atom. The highest BCUT2D eigenvalue weighted by molar-refractivity contribution is 7.99. The Morgan fingerprint density at radius 2 is 2.05 bits per heavy atom. The first-order chi connectivity index (χ1) is 9.26. The van der Waals surface area contributed by atoms with Crippen LogP contribution in [0.5, 0.6) is 5.88 Å². The number of nitrogens with zero attached hydrogens (tertiary/aromatic N) is 1. The zero-order chi connectivity index (χ0) is 13.2. The maximum Gasteiger partial charge on any atom is 0.214 e. The van der Waals surface area contributed by atoms with Crippen molar-refractivity contribution in [2.45, 2.75) is 10.1 Å². The van der Waals surface area contributed by atoms with Gasteiger partial charge in [-0.1, -0.05) is 18.2 Å². The van der Waals surface area contributed by atoms with Gasteiger partial charge in [0.2, 0.25) is 5.88 Å². The van der Waals surface area contributed by atoms with Gasteiger partial charge < -0.3 is 15.5 Å². The zero-order valence-corrected chi connectivity index (χ0v) is 11.2. The lowest BCUT2D eigenvalue weighted by Gasteiger charge is -2.05. The van der Waals surface area contributed by atoms with Crippen molar-refractivity contribution >= 4 is 28.4 Å². The van der Waals surface area contributed by atoms with Crippen LogP contribution in [0.25, 0.3) is 10.9 Å². The average Bonchev–Trinajstić information content (AvgIpc) is 2.83. The number of hydrogen-bond acceptors (Lipinski definition) is 4. The van der Waals surface area contributed by atoms with E-state index in [-0.39, 0.29) is 0 Å². The molecule has 3 rings (SSSR count). The van der Waals surface area contributed by atoms with Gasteiger partial charge in [-0.2, -0.15) is 0 Å². The molecule has 2 aromatic heterocycles. The smallest absolute Gasteiger partial charge is 0.214 e. The summed E-state index contributed by atoms with van der Waals surface area (Å²) in [5, 5.41) is 2.92. The average molecular weight is 271 g/mol. The van der Waals surface area contributed by atoms with Crippen molar-refractivity contribution in [2.75, 3.05) is 12.8 Å². The molecular formula is C14H13N3OS. The maximum absolute atomic E-state index is 5.93. The lowest BCUT2D eigenvalue weighted by Crippen LogP contribution is -1.94. The Hall–Kier alpha value is -2.14. The fraction of sp³-hybridized carbons (Fsp3) is 0.0714. The second-order valence-electron chi connectivity index (χ2n) is 4.07. The number of nitrogens with one attached hydrogen (secondary N) is 1. The molecule has 3 N–H and O–H groups in total. The number of para-hydroxylation sites is 1. The van der Waals surface area contributed by atoms with Crippen LogP contribution in [0.1, 0.15) is 0 Å². The van der Waals surface area contributed by atoms with Crippen molar-refractivity contribution < 1.29 is 4.74 Å². The number of aromatic amines is 1. The number of hydrogen-bond donors (Lipinski definition) is 2. The molecule has 0 radical (unpaired) electrons. The molecule has 0 amide bonds. The molecule has 0 saturated carbocycles. The summed E-state index contributed by atoms with van der Waals surface area (Å²) in [6.45, 7) is 0. The number of fused-ring (bicyclic) bond motifs is 1. The molecule has 3 aromatic rings. The molecule has 4 nitrogen and oxygen atoms in total. The minimum Gasteiger partial charge on any atom is -0.481 e. The van der Waals surface area contributed by atoms with Crippen molar-refractivity contribution in [2.24, 2.45) is 0 Å². The number of benzene rings is 1. The van der Waals surface area contributed by atoms with E-state index in [1.54, 1.807) is 19.2 Å². The van der Waals surface area contributed by atoms with Gasteiger partial charge in [0.1, 0.15) is 5.03 Å². The van der Waals surface area contributed by atoms with Gasteiger partial charge in [0.15, 0.2) is 0 Å². The number of aromatic nitrogens is 2. The monoisotopic (exact) mass is 271 g/mol. The molecule has 0 bridgehead atoms. The number of anilines is 1. The summed E-state index contributed by atoms with van der Waals surface area (Å²) in [4.78, 5) is 7.69. The lowest BCUT2D eigenvalue weighted by atomic mass is 10.3. The van der Waals surface area contributed by atoms with Gasteiger partial charge in [-0.3, -0.25) is 0 Å². The quantitative estimate of drug-likeness (QED) is 0.767. The summed E-state index contributed by atoms with van der Waals surface area (Å²) >= 11 is 1.50. The molecule has 0 aliphatic rings. The number of ether oxygens (including phenoxy) is 1. The third-order valence-electron chi connectivity index (χ3n) is 2.79. The van der Waals surface area contributed by atoms with Crippen molar-refractivity contribution in [3.05, 3.63) is 42.5 Å². The molecule has 0 fully saturated rings. The number of rotatable bonds is 3. The van der Waals surface area contributed by atoms with Gasteiger partial charge in [0.25, 0.3) is 0 Å². The summed E-state index contributed by atoms with van der Waals surface area (Å²) < 4.78 is 5.12. The fourth-order valence-electron chi connectivity index (χ4n) is 1.84. The largest absolute Gasteiger partial charge is 0.481 e. The van der Waals surface area contributed by atoms with Gasteiger partial charge >= 0.3 is 0 Å². The van der Waals surface area contributed by atoms with E-state index >= 15 is 0 Å². The maximum atomic E-state index is 5.93. The van der Waals surface area contributed by atoms with Crippen LogP contribution in [-0.4, -0.2) is 17.1 Å². The minimum absolute atomic E-state index is 0.563. The topological polar surface area (TPSA) is 63.9 Å². The summed E-state index contributed by atoms with van der Waals surface area (Å²) in [5.74, 6) is 0.563. The third kappa shape index (κ3) is 2.37. The summed E-state index contributed by atoms with van der Waals surface area (Å²) in [6.07, 6.45) is 0. The molecule has 0 aliphatic carbocycles. The van der Waals surface area contributed by atoms with Crippen LogP contribution in [0.4, 0.5) is 5.69 Å². The molecular weight excluding hydrogens is 258 g/mol. The number of nitrogen functional groups attached to an aromatic ring is 1. The number of methoxy groups -OCH3 is 1. The second kappa shape index (κ2) is 4.85. The highest BCUT2D eigenvalue weighted by Crippen LogP contribution is 2.33. The summed E-state index contributed by atoms with van der Waals surface area (Å²) in [7, 11) is 1.59. The number of H-pyrrole nitrogens is 1. The lowest BCUT2D eigenvalue weighted by molar-refractivity contribution is 0.395. The Labute approximate surface area is 115 Å². The van der Waals surface area contributed by atoms with Crippen LogP contribution in [0.3, 0.4) is 0 Å². The number of nitrogens with two attached hydrogens (primary N) is 1. The molecule has 0 atom stereocenters. The number of pyridine rings is 1. The molecule has 0 unspecified atom stereocenters. The predicted molar refractivity (Wildman–Crippen MR) is 77.6 cm³/mol. The standard InChI is InChI=1S/C14H13N3OS/c1-18-12-7-6-10(15)14(17-12)19-13-8-9-4-2-3-5-11(9)16-13/h2-8,16H,15H2,1H3.